The van der Waals surface area contributed by atoms with E-state index in [9.17, 15) is 19.6 Å². The number of amides is 3. The number of nitrogens with one attached hydrogen (secondary N) is 1. The molecule has 4 aromatic rings. The number of benzene rings is 3. The zero-order valence-corrected chi connectivity index (χ0v) is 23.3. The number of para-hydroxylation sites is 1. The van der Waals surface area contributed by atoms with Crippen molar-refractivity contribution < 1.29 is 19.1 Å². The first-order chi connectivity index (χ1) is 19.9. The number of nitrogens with zero attached hydrogens (tertiary/aromatic N) is 3. The maximum atomic E-state index is 13.6. The predicted molar refractivity (Wildman–Crippen MR) is 157 cm³/mol. The number of hydrogen-bond acceptors (Lipinski definition) is 7. The number of aryl methyl sites for hydroxylation is 1. The SMILES string of the molecule is CCOc1ccc(-c2c(C#N)c(SCCN3C(=O)c4ccccc4C3=O)nc(C)c2C(=O)Nc2ccccc2)cc1. The van der Waals surface area contributed by atoms with Gasteiger partial charge >= 0.3 is 0 Å². The molecule has 1 N–H and O–H groups in total. The van der Waals surface area contributed by atoms with Crippen LogP contribution in [0.1, 0.15) is 49.3 Å². The molecule has 0 aliphatic carbocycles. The molecule has 9 heteroatoms. The highest BCUT2D eigenvalue weighted by atomic mass is 32.2. The van der Waals surface area contributed by atoms with E-state index in [0.29, 0.717) is 62.3 Å². The van der Waals surface area contributed by atoms with Gasteiger partial charge in [-0.3, -0.25) is 19.3 Å². The molecular weight excluding hydrogens is 536 g/mol. The van der Waals surface area contributed by atoms with Crippen molar-refractivity contribution in [3.8, 4) is 22.9 Å². The second kappa shape index (κ2) is 12.1. The Morgan fingerprint density at radius 2 is 1.61 bits per heavy atom. The lowest BCUT2D eigenvalue weighted by Crippen LogP contribution is -2.31. The van der Waals surface area contributed by atoms with Crippen LogP contribution in [0.5, 0.6) is 5.75 Å². The third-order valence-corrected chi connectivity index (χ3v) is 7.56. The number of thioether (sulfide) groups is 1. The first-order valence-electron chi connectivity index (χ1n) is 13.0. The third kappa shape index (κ3) is 5.55. The van der Waals surface area contributed by atoms with E-state index in [0.717, 1.165) is 0 Å². The molecule has 1 aliphatic heterocycles. The number of pyridine rings is 1. The van der Waals surface area contributed by atoms with Crippen LogP contribution in [0, 0.1) is 18.3 Å². The number of carbonyl (C=O) groups excluding carboxylic acids is 3. The first-order valence-corrected chi connectivity index (χ1v) is 14.0. The number of hydrogen-bond donors (Lipinski definition) is 1. The third-order valence-electron chi connectivity index (χ3n) is 6.60. The van der Waals surface area contributed by atoms with E-state index in [-0.39, 0.29) is 29.8 Å². The predicted octanol–water partition coefficient (Wildman–Crippen LogP) is 5.97. The quantitative estimate of drug-likeness (QED) is 0.198. The van der Waals surface area contributed by atoms with Crippen LogP contribution < -0.4 is 10.1 Å². The first kappa shape index (κ1) is 27.6. The molecule has 8 nitrogen and oxygen atoms in total. The van der Waals surface area contributed by atoms with E-state index in [1.54, 1.807) is 55.5 Å². The molecule has 5 rings (SSSR count). The van der Waals surface area contributed by atoms with Crippen molar-refractivity contribution >= 4 is 35.2 Å². The van der Waals surface area contributed by atoms with Gasteiger partial charge in [0.05, 0.1) is 34.6 Å². The van der Waals surface area contributed by atoms with Crippen LogP contribution in [0.2, 0.25) is 0 Å². The molecule has 0 bridgehead atoms. The molecule has 204 valence electrons. The number of aromatic nitrogens is 1. The van der Waals surface area contributed by atoms with Crippen LogP contribution in [0.15, 0.2) is 83.9 Å². The Morgan fingerprint density at radius 3 is 2.22 bits per heavy atom. The number of rotatable bonds is 9. The molecular formula is C32H26N4O4S. The molecule has 0 unspecified atom stereocenters. The van der Waals surface area contributed by atoms with Crippen molar-refractivity contribution in [2.75, 3.05) is 24.2 Å². The Morgan fingerprint density at radius 1 is 0.976 bits per heavy atom. The molecule has 0 radical (unpaired) electrons. The van der Waals surface area contributed by atoms with E-state index in [2.05, 4.69) is 16.4 Å². The molecule has 0 spiro atoms. The molecule has 3 aromatic carbocycles. The summed E-state index contributed by atoms with van der Waals surface area (Å²) in [5.74, 6) is -0.0570. The summed E-state index contributed by atoms with van der Waals surface area (Å²) in [4.78, 5) is 45.0. The monoisotopic (exact) mass is 562 g/mol. The molecule has 3 amide bonds. The lowest BCUT2D eigenvalue weighted by atomic mass is 9.94. The van der Waals surface area contributed by atoms with Crippen LogP contribution in [-0.2, 0) is 0 Å². The number of ether oxygens (including phenoxy) is 1. The summed E-state index contributed by atoms with van der Waals surface area (Å²) in [5, 5.41) is 13.6. The summed E-state index contributed by atoms with van der Waals surface area (Å²) in [6.07, 6.45) is 0. The van der Waals surface area contributed by atoms with Crippen LogP contribution in [0.3, 0.4) is 0 Å². The summed E-state index contributed by atoms with van der Waals surface area (Å²) in [6, 6.07) is 25.3. The number of anilines is 1. The Hall–Kier alpha value is -4.94. The summed E-state index contributed by atoms with van der Waals surface area (Å²) < 4.78 is 5.58. The van der Waals surface area contributed by atoms with Gasteiger partial charge in [-0.1, -0.05) is 42.5 Å². The molecule has 0 saturated heterocycles. The summed E-state index contributed by atoms with van der Waals surface area (Å²) in [5.41, 5.74) is 3.50. The van der Waals surface area contributed by atoms with Gasteiger partial charge in [0.1, 0.15) is 16.8 Å². The van der Waals surface area contributed by atoms with E-state index < -0.39 is 0 Å². The number of fused-ring (bicyclic) bond motifs is 1. The Bertz CT molecular complexity index is 1650. The minimum atomic E-state index is -0.385. The summed E-state index contributed by atoms with van der Waals surface area (Å²) >= 11 is 1.26. The van der Waals surface area contributed by atoms with Gasteiger partial charge in [-0.25, -0.2) is 4.98 Å². The molecule has 2 heterocycles. The number of nitriles is 1. The fraction of sp³-hybridized carbons (Fsp3) is 0.156. The van der Waals surface area contributed by atoms with Crippen molar-refractivity contribution in [3.05, 3.63) is 107 Å². The zero-order valence-electron chi connectivity index (χ0n) is 22.5. The summed E-state index contributed by atoms with van der Waals surface area (Å²) in [7, 11) is 0. The molecule has 1 aliphatic rings. The standard InChI is InChI=1S/C32H26N4O4S/c1-3-40-23-15-13-21(14-16-23)28-26(19-33)30(34-20(2)27(28)29(37)35-22-9-5-4-6-10-22)41-18-17-36-31(38)24-11-7-8-12-25(24)32(36)39/h4-16H,3,17-18H2,1-2H3,(H,35,37). The largest absolute Gasteiger partial charge is 0.494 e. The van der Waals surface area contributed by atoms with Crippen molar-refractivity contribution in [1.29, 1.82) is 5.26 Å². The fourth-order valence-corrected chi connectivity index (χ4v) is 5.69. The molecule has 0 atom stereocenters. The Labute approximate surface area is 242 Å². The van der Waals surface area contributed by atoms with E-state index in [1.807, 2.05) is 37.3 Å². The number of carbonyl (C=O) groups is 3. The number of imide groups is 1. The highest BCUT2D eigenvalue weighted by Crippen LogP contribution is 2.36. The van der Waals surface area contributed by atoms with Crippen molar-refractivity contribution in [3.63, 3.8) is 0 Å². The molecule has 41 heavy (non-hydrogen) atoms. The maximum Gasteiger partial charge on any atom is 0.261 e. The maximum absolute atomic E-state index is 13.6. The van der Waals surface area contributed by atoms with Crippen LogP contribution in [0.4, 0.5) is 5.69 Å². The Kier molecular flexibility index (Phi) is 8.13. The van der Waals surface area contributed by atoms with Crippen molar-refractivity contribution in [2.24, 2.45) is 0 Å². The topological polar surface area (TPSA) is 112 Å². The summed E-state index contributed by atoms with van der Waals surface area (Å²) in [6.45, 7) is 4.28. The second-order valence-electron chi connectivity index (χ2n) is 9.17. The van der Waals surface area contributed by atoms with Crippen LogP contribution in [0.25, 0.3) is 11.1 Å². The van der Waals surface area contributed by atoms with Crippen molar-refractivity contribution in [2.45, 2.75) is 18.9 Å². The normalized spacial score (nSPS) is 12.2. The van der Waals surface area contributed by atoms with E-state index in [1.165, 1.54) is 16.7 Å². The smallest absolute Gasteiger partial charge is 0.261 e. The average molecular weight is 563 g/mol. The minimum absolute atomic E-state index is 0.150. The highest BCUT2D eigenvalue weighted by molar-refractivity contribution is 7.99. The van der Waals surface area contributed by atoms with Gasteiger partial charge in [0, 0.05) is 23.5 Å². The van der Waals surface area contributed by atoms with Gasteiger partial charge in [0.2, 0.25) is 0 Å². The van der Waals surface area contributed by atoms with Gasteiger partial charge in [0.15, 0.2) is 0 Å². The van der Waals surface area contributed by atoms with Crippen LogP contribution >= 0.6 is 11.8 Å². The van der Waals surface area contributed by atoms with Gasteiger partial charge < -0.3 is 10.1 Å². The lowest BCUT2D eigenvalue weighted by molar-refractivity contribution is 0.0664. The zero-order chi connectivity index (χ0) is 28.9. The van der Waals surface area contributed by atoms with Crippen LogP contribution in [-0.4, -0.2) is 46.5 Å². The van der Waals surface area contributed by atoms with Gasteiger partial charge in [-0.15, -0.1) is 11.8 Å². The van der Waals surface area contributed by atoms with Crippen molar-refractivity contribution in [1.82, 2.24) is 9.88 Å². The lowest BCUT2D eigenvalue weighted by Gasteiger charge is -2.18. The second-order valence-corrected chi connectivity index (χ2v) is 10.3. The average Bonchev–Trinajstić information content (AvgIpc) is 3.23. The highest BCUT2D eigenvalue weighted by Gasteiger charge is 2.34. The van der Waals surface area contributed by atoms with E-state index >= 15 is 0 Å². The van der Waals surface area contributed by atoms with Gasteiger partial charge in [-0.2, -0.15) is 5.26 Å². The molecule has 0 fully saturated rings. The minimum Gasteiger partial charge on any atom is -0.494 e. The molecule has 1 aromatic heterocycles. The van der Waals surface area contributed by atoms with Gasteiger partial charge in [-0.05, 0) is 55.8 Å². The molecule has 0 saturated carbocycles. The van der Waals surface area contributed by atoms with E-state index in [4.69, 9.17) is 4.74 Å². The Balaban J connectivity index is 1.48. The van der Waals surface area contributed by atoms with Gasteiger partial charge in [0.25, 0.3) is 17.7 Å². The fourth-order valence-electron chi connectivity index (χ4n) is 4.73.